The Labute approximate surface area is 182 Å². The van der Waals surface area contributed by atoms with Crippen LogP contribution in [0.3, 0.4) is 0 Å². The van der Waals surface area contributed by atoms with Crippen LogP contribution in [0.2, 0.25) is 0 Å². The molecular weight excluding hydrogens is 390 g/mol. The summed E-state index contributed by atoms with van der Waals surface area (Å²) >= 11 is 0. The average molecular weight is 420 g/mol. The first-order chi connectivity index (χ1) is 14.9. The molecule has 1 atom stereocenters. The maximum Gasteiger partial charge on any atom is 0.256 e. The first-order valence-electron chi connectivity index (χ1n) is 10.5. The van der Waals surface area contributed by atoms with Crippen LogP contribution in [0, 0.1) is 6.92 Å². The molecule has 0 saturated carbocycles. The van der Waals surface area contributed by atoms with E-state index in [1.54, 1.807) is 11.1 Å². The zero-order valence-corrected chi connectivity index (χ0v) is 18.0. The minimum atomic E-state index is -1.08. The fourth-order valence-corrected chi connectivity index (χ4v) is 4.14. The van der Waals surface area contributed by atoms with E-state index in [1.807, 2.05) is 79.3 Å². The van der Waals surface area contributed by atoms with Gasteiger partial charge in [0.25, 0.3) is 5.91 Å². The molecule has 0 aliphatic carbocycles. The van der Waals surface area contributed by atoms with Gasteiger partial charge >= 0.3 is 0 Å². The third kappa shape index (κ3) is 4.95. The number of benzene rings is 2. The van der Waals surface area contributed by atoms with Crippen LogP contribution in [0.5, 0.6) is 0 Å². The highest BCUT2D eigenvalue weighted by Crippen LogP contribution is 2.24. The summed E-state index contributed by atoms with van der Waals surface area (Å²) in [4.78, 5) is 21.7. The van der Waals surface area contributed by atoms with Gasteiger partial charge in [-0.3, -0.25) is 4.79 Å². The van der Waals surface area contributed by atoms with Crippen molar-refractivity contribution >= 4 is 17.3 Å². The molecule has 2 aromatic carbocycles. The molecule has 4 rings (SSSR count). The zero-order chi connectivity index (χ0) is 21.8. The maximum atomic E-state index is 13.6. The van der Waals surface area contributed by atoms with E-state index in [4.69, 9.17) is 0 Å². The van der Waals surface area contributed by atoms with E-state index in [1.165, 1.54) is 0 Å². The molecule has 1 aromatic heterocycles. The summed E-state index contributed by atoms with van der Waals surface area (Å²) in [5.41, 5.74) is 1.20. The Morgan fingerprint density at radius 1 is 1.10 bits per heavy atom. The number of rotatable bonds is 5. The van der Waals surface area contributed by atoms with Gasteiger partial charge in [0, 0.05) is 37.7 Å². The smallest absolute Gasteiger partial charge is 0.256 e. The molecule has 0 spiro atoms. The van der Waals surface area contributed by atoms with Gasteiger partial charge in [0.1, 0.15) is 11.4 Å². The predicted octanol–water partition coefficient (Wildman–Crippen LogP) is 2.75. The van der Waals surface area contributed by atoms with Gasteiger partial charge in [-0.2, -0.15) is 0 Å². The topological polar surface area (TPSA) is 73.6 Å². The van der Waals surface area contributed by atoms with Crippen LogP contribution in [0.25, 0.3) is 0 Å². The number of carbonyl (C=O) groups excluding carboxylic acids is 1. The van der Waals surface area contributed by atoms with Crippen molar-refractivity contribution in [3.8, 4) is 0 Å². The molecule has 0 bridgehead atoms. The standard InChI is InChI=1S/C24H29N5O2/c1-19-25-12-13-28(19)17-24(31)16-27(2)14-15-29(18-24)23(30)21-10-6-7-11-22(21)26-20-8-4-3-5-9-20/h3-13,26,31H,14-18H2,1-2H3. The molecule has 1 aliphatic heterocycles. The van der Waals surface area contributed by atoms with Crippen molar-refractivity contribution in [3.05, 3.63) is 78.4 Å². The Morgan fingerprint density at radius 3 is 2.58 bits per heavy atom. The molecular formula is C24H29N5O2. The second kappa shape index (κ2) is 8.91. The van der Waals surface area contributed by atoms with Crippen molar-refractivity contribution in [2.24, 2.45) is 0 Å². The number of nitrogens with one attached hydrogen (secondary N) is 1. The quantitative estimate of drug-likeness (QED) is 0.665. The van der Waals surface area contributed by atoms with E-state index < -0.39 is 5.60 Å². The second-order valence-electron chi connectivity index (χ2n) is 8.33. The Kier molecular flexibility index (Phi) is 6.06. The summed E-state index contributed by atoms with van der Waals surface area (Å²) in [5, 5.41) is 14.8. The number of nitrogens with zero attached hydrogens (tertiary/aromatic N) is 4. The van der Waals surface area contributed by atoms with E-state index in [0.717, 1.165) is 17.2 Å². The van der Waals surface area contributed by atoms with Crippen molar-refractivity contribution in [1.82, 2.24) is 19.4 Å². The fourth-order valence-electron chi connectivity index (χ4n) is 4.14. The van der Waals surface area contributed by atoms with Crippen molar-refractivity contribution in [3.63, 3.8) is 0 Å². The number of hydrogen-bond donors (Lipinski definition) is 2. The molecule has 2 heterocycles. The van der Waals surface area contributed by atoms with Gasteiger partial charge in [-0.15, -0.1) is 0 Å². The third-order valence-electron chi connectivity index (χ3n) is 5.69. The van der Waals surface area contributed by atoms with Crippen LogP contribution in [0.1, 0.15) is 16.2 Å². The van der Waals surface area contributed by atoms with Gasteiger partial charge in [-0.25, -0.2) is 4.98 Å². The Hall–Kier alpha value is -3.16. The van der Waals surface area contributed by atoms with Gasteiger partial charge in [-0.1, -0.05) is 30.3 Å². The lowest BCUT2D eigenvalue weighted by atomic mass is 10.0. The lowest BCUT2D eigenvalue weighted by Gasteiger charge is -2.33. The summed E-state index contributed by atoms with van der Waals surface area (Å²) in [6.07, 6.45) is 3.59. The highest BCUT2D eigenvalue weighted by Gasteiger charge is 2.37. The number of β-amino-alcohol motifs (C(OH)–C–C–N with tert-alkyl or cyclic N) is 1. The number of carbonyl (C=O) groups is 1. The number of imidazole rings is 1. The number of aliphatic hydroxyl groups is 1. The summed E-state index contributed by atoms with van der Waals surface area (Å²) in [7, 11) is 1.98. The van der Waals surface area contributed by atoms with E-state index in [0.29, 0.717) is 31.7 Å². The molecule has 1 fully saturated rings. The summed E-state index contributed by atoms with van der Waals surface area (Å²) in [5.74, 6) is 0.755. The predicted molar refractivity (Wildman–Crippen MR) is 121 cm³/mol. The van der Waals surface area contributed by atoms with Crippen molar-refractivity contribution < 1.29 is 9.90 Å². The SMILES string of the molecule is Cc1nccn1CC1(O)CN(C)CCN(C(=O)c2ccccc2Nc2ccccc2)C1. The first kappa shape index (κ1) is 21.1. The fraction of sp³-hybridized carbons (Fsp3) is 0.333. The van der Waals surface area contributed by atoms with Crippen LogP contribution in [0.15, 0.2) is 67.0 Å². The van der Waals surface area contributed by atoms with Crippen molar-refractivity contribution in [1.29, 1.82) is 0 Å². The molecule has 162 valence electrons. The van der Waals surface area contributed by atoms with Crippen molar-refractivity contribution in [2.45, 2.75) is 19.1 Å². The monoisotopic (exact) mass is 419 g/mol. The molecule has 2 N–H and O–H groups in total. The summed E-state index contributed by atoms with van der Waals surface area (Å²) in [6, 6.07) is 17.3. The molecule has 7 heteroatoms. The van der Waals surface area contributed by atoms with Crippen LogP contribution in [-0.2, 0) is 6.54 Å². The number of hydrogen-bond acceptors (Lipinski definition) is 5. The molecule has 1 unspecified atom stereocenters. The van der Waals surface area contributed by atoms with E-state index in [9.17, 15) is 9.90 Å². The van der Waals surface area contributed by atoms with Gasteiger partial charge in [-0.05, 0) is 38.2 Å². The Bertz CT molecular complexity index is 1040. The third-order valence-corrected chi connectivity index (χ3v) is 5.69. The molecule has 1 aliphatic rings. The summed E-state index contributed by atoms with van der Waals surface area (Å²) in [6.45, 7) is 4.30. The minimum absolute atomic E-state index is 0.0879. The molecule has 0 radical (unpaired) electrons. The minimum Gasteiger partial charge on any atom is -0.385 e. The van der Waals surface area contributed by atoms with Gasteiger partial charge in [0.05, 0.1) is 24.3 Å². The van der Waals surface area contributed by atoms with Crippen molar-refractivity contribution in [2.75, 3.05) is 38.5 Å². The van der Waals surface area contributed by atoms with Gasteiger partial charge in [0.15, 0.2) is 0 Å². The number of aryl methyl sites for hydroxylation is 1. The average Bonchev–Trinajstić information content (AvgIpc) is 3.08. The molecule has 3 aromatic rings. The van der Waals surface area contributed by atoms with Crippen LogP contribution < -0.4 is 5.32 Å². The second-order valence-corrected chi connectivity index (χ2v) is 8.33. The highest BCUT2D eigenvalue weighted by atomic mass is 16.3. The lowest BCUT2D eigenvalue weighted by molar-refractivity contribution is -0.0116. The number of likely N-dealkylation sites (N-methyl/N-ethyl adjacent to an activating group) is 1. The number of anilines is 2. The maximum absolute atomic E-state index is 13.6. The normalized spacial score (nSPS) is 19.8. The molecule has 31 heavy (non-hydrogen) atoms. The Morgan fingerprint density at radius 2 is 1.84 bits per heavy atom. The van der Waals surface area contributed by atoms with E-state index >= 15 is 0 Å². The number of amides is 1. The van der Waals surface area contributed by atoms with E-state index in [2.05, 4.69) is 15.2 Å². The Balaban J connectivity index is 1.58. The lowest BCUT2D eigenvalue weighted by Crippen LogP contribution is -2.50. The van der Waals surface area contributed by atoms with Crippen LogP contribution in [-0.4, -0.2) is 69.2 Å². The van der Waals surface area contributed by atoms with Crippen LogP contribution in [0.4, 0.5) is 11.4 Å². The van der Waals surface area contributed by atoms with Crippen LogP contribution >= 0.6 is 0 Å². The van der Waals surface area contributed by atoms with Gasteiger partial charge < -0.3 is 24.8 Å². The van der Waals surface area contributed by atoms with Gasteiger partial charge in [0.2, 0.25) is 0 Å². The number of para-hydroxylation sites is 2. The first-order valence-corrected chi connectivity index (χ1v) is 10.5. The summed E-state index contributed by atoms with van der Waals surface area (Å²) < 4.78 is 1.94. The molecule has 7 nitrogen and oxygen atoms in total. The number of aromatic nitrogens is 2. The molecule has 1 amide bonds. The zero-order valence-electron chi connectivity index (χ0n) is 18.0. The highest BCUT2D eigenvalue weighted by molar-refractivity contribution is 6.00. The molecule has 1 saturated heterocycles. The van der Waals surface area contributed by atoms with E-state index in [-0.39, 0.29) is 12.5 Å². The largest absolute Gasteiger partial charge is 0.385 e.